The molecule has 2 fully saturated rings. The number of hydrogen-bond donors (Lipinski definition) is 1. The number of imide groups is 1. The van der Waals surface area contributed by atoms with Crippen molar-refractivity contribution in [3.63, 3.8) is 0 Å². The molecule has 1 N–H and O–H groups in total. The zero-order valence-electron chi connectivity index (χ0n) is 18.2. The monoisotopic (exact) mass is 432 g/mol. The maximum atomic E-state index is 12.9. The van der Waals surface area contributed by atoms with Crippen LogP contribution in [0.5, 0.6) is 0 Å². The maximum absolute atomic E-state index is 12.9. The molecule has 32 heavy (non-hydrogen) atoms. The Balaban J connectivity index is 1.34. The topological polar surface area (TPSA) is 82.6 Å². The van der Waals surface area contributed by atoms with Crippen LogP contribution in [-0.4, -0.2) is 51.6 Å². The van der Waals surface area contributed by atoms with Crippen LogP contribution < -0.4 is 5.32 Å². The number of pyridine rings is 1. The number of rotatable bonds is 4. The summed E-state index contributed by atoms with van der Waals surface area (Å²) in [6.45, 7) is 3.60. The number of nitrogens with one attached hydrogen (secondary N) is 1. The highest BCUT2D eigenvalue weighted by molar-refractivity contribution is 6.05. The van der Waals surface area contributed by atoms with Crippen molar-refractivity contribution in [1.29, 1.82) is 0 Å². The lowest BCUT2D eigenvalue weighted by Gasteiger charge is -2.29. The second-order valence-electron chi connectivity index (χ2n) is 9.01. The molecule has 0 radical (unpaired) electrons. The molecule has 1 aromatic carbocycles. The largest absolute Gasteiger partial charge is 0.322 e. The molecule has 1 aromatic heterocycles. The molecule has 7 heteroatoms. The minimum atomic E-state index is -0.592. The average Bonchev–Trinajstić information content (AvgIpc) is 2.94. The van der Waals surface area contributed by atoms with E-state index in [1.165, 1.54) is 31.2 Å². The first-order chi connectivity index (χ1) is 15.6. The van der Waals surface area contributed by atoms with E-state index in [0.29, 0.717) is 18.5 Å². The molecule has 5 rings (SSSR count). The Morgan fingerprint density at radius 1 is 1.00 bits per heavy atom. The first kappa shape index (κ1) is 20.8. The normalized spacial score (nSPS) is 21.9. The fraction of sp³-hybridized carbons (Fsp3) is 0.440. The second kappa shape index (κ2) is 8.82. The number of nitrogens with zero attached hydrogens (tertiary/aromatic N) is 3. The minimum absolute atomic E-state index is 0.149. The lowest BCUT2D eigenvalue weighted by molar-refractivity contribution is -0.136. The van der Waals surface area contributed by atoms with Gasteiger partial charge in [0.2, 0.25) is 11.8 Å². The molecule has 0 aliphatic carbocycles. The zero-order valence-corrected chi connectivity index (χ0v) is 18.2. The Kier molecular flexibility index (Phi) is 5.74. The van der Waals surface area contributed by atoms with Crippen molar-refractivity contribution in [2.75, 3.05) is 13.1 Å². The Hall–Kier alpha value is -3.06. The van der Waals surface area contributed by atoms with E-state index in [1.54, 1.807) is 4.90 Å². The van der Waals surface area contributed by atoms with Gasteiger partial charge in [0.25, 0.3) is 5.91 Å². The molecule has 0 spiro atoms. The summed E-state index contributed by atoms with van der Waals surface area (Å²) in [5, 5.41) is 2.35. The smallest absolute Gasteiger partial charge is 0.255 e. The average molecular weight is 433 g/mol. The van der Waals surface area contributed by atoms with Crippen LogP contribution >= 0.6 is 0 Å². The number of aromatic nitrogens is 1. The molecule has 0 bridgehead atoms. The van der Waals surface area contributed by atoms with Crippen molar-refractivity contribution in [1.82, 2.24) is 20.1 Å². The number of carbonyl (C=O) groups is 3. The summed E-state index contributed by atoms with van der Waals surface area (Å²) in [5.74, 6) is -0.807. The molecule has 1 unspecified atom stereocenters. The molecule has 3 amide bonds. The predicted octanol–water partition coefficient (Wildman–Crippen LogP) is 2.89. The summed E-state index contributed by atoms with van der Waals surface area (Å²) in [4.78, 5) is 45.3. The van der Waals surface area contributed by atoms with Crippen molar-refractivity contribution in [3.8, 4) is 11.3 Å². The van der Waals surface area contributed by atoms with Gasteiger partial charge < -0.3 is 4.90 Å². The van der Waals surface area contributed by atoms with Gasteiger partial charge >= 0.3 is 0 Å². The van der Waals surface area contributed by atoms with Crippen LogP contribution in [0.1, 0.15) is 60.0 Å². The van der Waals surface area contributed by atoms with Crippen molar-refractivity contribution >= 4 is 17.7 Å². The molecule has 3 aliphatic rings. The molecule has 3 aliphatic heterocycles. The predicted molar refractivity (Wildman–Crippen MR) is 119 cm³/mol. The van der Waals surface area contributed by atoms with Crippen LogP contribution in [0.4, 0.5) is 0 Å². The molecule has 1 atom stereocenters. The van der Waals surface area contributed by atoms with Gasteiger partial charge in [-0.05, 0) is 67.7 Å². The molecule has 166 valence electrons. The Morgan fingerprint density at radius 3 is 2.59 bits per heavy atom. The third kappa shape index (κ3) is 4.17. The minimum Gasteiger partial charge on any atom is -0.322 e. The second-order valence-corrected chi connectivity index (χ2v) is 9.01. The molecular formula is C25H28N4O3. The summed E-state index contributed by atoms with van der Waals surface area (Å²) in [6, 6.07) is 9.41. The van der Waals surface area contributed by atoms with Crippen LogP contribution in [0.15, 0.2) is 36.5 Å². The lowest BCUT2D eigenvalue weighted by atomic mass is 10.0. The highest BCUT2D eigenvalue weighted by Crippen LogP contribution is 2.31. The molecule has 0 saturated carbocycles. The first-order valence-electron chi connectivity index (χ1n) is 11.5. The number of carbonyl (C=O) groups excluding carboxylic acids is 3. The number of likely N-dealkylation sites (tertiary alicyclic amines) is 1. The summed E-state index contributed by atoms with van der Waals surface area (Å²) in [6.07, 6.45) is 7.66. The van der Waals surface area contributed by atoms with E-state index in [1.807, 2.05) is 24.4 Å². The fourth-order valence-corrected chi connectivity index (χ4v) is 5.02. The Bertz CT molecular complexity index is 1060. The molecule has 2 saturated heterocycles. The van der Waals surface area contributed by atoms with Crippen LogP contribution in [0.25, 0.3) is 11.3 Å². The van der Waals surface area contributed by atoms with Gasteiger partial charge in [-0.15, -0.1) is 0 Å². The molecule has 4 heterocycles. The van der Waals surface area contributed by atoms with E-state index in [0.717, 1.165) is 36.5 Å². The highest BCUT2D eigenvalue weighted by atomic mass is 16.2. The number of benzene rings is 1. The van der Waals surface area contributed by atoms with Gasteiger partial charge in [-0.1, -0.05) is 18.9 Å². The Morgan fingerprint density at radius 2 is 1.81 bits per heavy atom. The van der Waals surface area contributed by atoms with Gasteiger partial charge in [0.1, 0.15) is 6.04 Å². The number of hydrogen-bond acceptors (Lipinski definition) is 5. The molecule has 2 aromatic rings. The third-order valence-corrected chi connectivity index (χ3v) is 6.75. The number of piperidine rings is 1. The Labute approximate surface area is 187 Å². The quantitative estimate of drug-likeness (QED) is 0.752. The fourth-order valence-electron chi connectivity index (χ4n) is 5.02. The van der Waals surface area contributed by atoms with Crippen molar-refractivity contribution in [2.24, 2.45) is 0 Å². The molecule has 7 nitrogen and oxygen atoms in total. The summed E-state index contributed by atoms with van der Waals surface area (Å²) >= 11 is 0. The van der Waals surface area contributed by atoms with Crippen molar-refractivity contribution < 1.29 is 14.4 Å². The molecular weight excluding hydrogens is 404 g/mol. The summed E-state index contributed by atoms with van der Waals surface area (Å²) < 4.78 is 0. The van der Waals surface area contributed by atoms with E-state index >= 15 is 0 Å². The van der Waals surface area contributed by atoms with E-state index in [-0.39, 0.29) is 24.1 Å². The van der Waals surface area contributed by atoms with Crippen LogP contribution in [0.2, 0.25) is 0 Å². The van der Waals surface area contributed by atoms with Crippen LogP contribution in [-0.2, 0) is 22.7 Å². The maximum Gasteiger partial charge on any atom is 0.255 e. The van der Waals surface area contributed by atoms with E-state index in [4.69, 9.17) is 0 Å². The summed E-state index contributed by atoms with van der Waals surface area (Å²) in [5.41, 5.74) is 4.64. The van der Waals surface area contributed by atoms with Gasteiger partial charge in [0.05, 0.1) is 5.69 Å². The number of fused-ring (bicyclic) bond motifs is 1. The SMILES string of the molecule is O=C1CCC(N2Cc3cc(-c4cc(CN5CCCCCC5)ccn4)ccc3C2=O)C(=O)N1. The first-order valence-corrected chi connectivity index (χ1v) is 11.5. The van der Waals surface area contributed by atoms with Crippen molar-refractivity contribution in [2.45, 2.75) is 57.7 Å². The lowest BCUT2D eigenvalue weighted by Crippen LogP contribution is -2.52. The van der Waals surface area contributed by atoms with E-state index in [2.05, 4.69) is 27.3 Å². The summed E-state index contributed by atoms with van der Waals surface area (Å²) in [7, 11) is 0. The zero-order chi connectivity index (χ0) is 22.1. The van der Waals surface area contributed by atoms with E-state index in [9.17, 15) is 14.4 Å². The van der Waals surface area contributed by atoms with Gasteiger partial charge in [0.15, 0.2) is 0 Å². The van der Waals surface area contributed by atoms with Crippen LogP contribution in [0, 0.1) is 0 Å². The standard InChI is InChI=1S/C25H28N4O3/c30-23-8-7-22(24(31)27-23)29-16-19-14-18(5-6-20(19)25(29)32)21-13-17(9-10-26-21)15-28-11-3-1-2-4-12-28/h5-6,9-10,13-14,22H,1-4,7-8,11-12,15-16H2,(H,27,30,31). The van der Waals surface area contributed by atoms with Crippen LogP contribution in [0.3, 0.4) is 0 Å². The van der Waals surface area contributed by atoms with Crippen molar-refractivity contribution in [3.05, 3.63) is 53.2 Å². The van der Waals surface area contributed by atoms with Gasteiger partial charge in [-0.25, -0.2) is 0 Å². The highest BCUT2D eigenvalue weighted by Gasteiger charge is 2.39. The van der Waals surface area contributed by atoms with Gasteiger partial charge in [-0.2, -0.15) is 0 Å². The van der Waals surface area contributed by atoms with E-state index < -0.39 is 6.04 Å². The van der Waals surface area contributed by atoms with Gasteiger partial charge in [0, 0.05) is 36.8 Å². The third-order valence-electron chi connectivity index (χ3n) is 6.75. The number of amides is 3. The van der Waals surface area contributed by atoms with Gasteiger partial charge in [-0.3, -0.25) is 29.6 Å².